The van der Waals surface area contributed by atoms with Crippen molar-refractivity contribution in [1.82, 2.24) is 4.90 Å². The van der Waals surface area contributed by atoms with Gasteiger partial charge in [0.15, 0.2) is 0 Å². The normalized spacial score (nSPS) is 25.5. The first-order valence-corrected chi connectivity index (χ1v) is 11.5. The van der Waals surface area contributed by atoms with Gasteiger partial charge in [-0.3, -0.25) is 9.69 Å². The van der Waals surface area contributed by atoms with Crippen LogP contribution in [0.4, 0.5) is 5.69 Å². The van der Waals surface area contributed by atoms with Crippen molar-refractivity contribution in [3.05, 3.63) is 24.3 Å². The van der Waals surface area contributed by atoms with Crippen molar-refractivity contribution < 1.29 is 14.3 Å². The molecular weight excluding hydrogens is 364 g/mol. The van der Waals surface area contributed by atoms with Crippen LogP contribution in [-0.2, 0) is 9.53 Å². The second kappa shape index (κ2) is 11.0. The largest absolute Gasteiger partial charge is 0.492 e. The summed E-state index contributed by atoms with van der Waals surface area (Å²) in [5.41, 5.74) is 0.119. The lowest BCUT2D eigenvalue weighted by atomic mass is 9.78. The van der Waals surface area contributed by atoms with E-state index in [1.165, 1.54) is 38.8 Å². The number of anilines is 1. The van der Waals surface area contributed by atoms with Crippen LogP contribution in [0.5, 0.6) is 5.75 Å². The van der Waals surface area contributed by atoms with Crippen molar-refractivity contribution in [2.45, 2.75) is 70.8 Å². The molecule has 3 rings (SSSR count). The van der Waals surface area contributed by atoms with Gasteiger partial charge in [0, 0.05) is 18.8 Å². The Hall–Kier alpha value is -1.59. The van der Waals surface area contributed by atoms with Gasteiger partial charge in [-0.15, -0.1) is 0 Å². The lowest BCUT2D eigenvalue weighted by Gasteiger charge is -2.38. The van der Waals surface area contributed by atoms with E-state index in [-0.39, 0.29) is 5.91 Å². The first-order chi connectivity index (χ1) is 14.1. The summed E-state index contributed by atoms with van der Waals surface area (Å²) in [7, 11) is 0. The highest BCUT2D eigenvalue weighted by molar-refractivity contribution is 5.97. The molecule has 2 aliphatic rings. The standard InChI is InChI=1S/C24H38N2O3/c1-3-17-29-24(13-7-8-20(2)19-24)23(27)25-21-9-11-22(12-10-21)28-18-16-26-14-5-4-6-15-26/h9-12,20H,3-8,13-19H2,1-2H3,(H,25,27). The minimum absolute atomic E-state index is 0.00346. The summed E-state index contributed by atoms with van der Waals surface area (Å²) < 4.78 is 12.0. The second-order valence-corrected chi connectivity index (χ2v) is 8.77. The molecule has 1 amide bonds. The van der Waals surface area contributed by atoms with E-state index in [4.69, 9.17) is 9.47 Å². The van der Waals surface area contributed by atoms with Crippen molar-refractivity contribution in [3.63, 3.8) is 0 Å². The van der Waals surface area contributed by atoms with Gasteiger partial charge in [-0.25, -0.2) is 0 Å². The topological polar surface area (TPSA) is 50.8 Å². The Balaban J connectivity index is 1.51. The number of hydrogen-bond donors (Lipinski definition) is 1. The first kappa shape index (κ1) is 22.1. The molecule has 1 N–H and O–H groups in total. The molecule has 29 heavy (non-hydrogen) atoms. The van der Waals surface area contributed by atoms with Gasteiger partial charge in [-0.2, -0.15) is 0 Å². The SMILES string of the molecule is CCCOC1(C(=O)Nc2ccc(OCCN3CCCCC3)cc2)CCCC(C)C1. The Morgan fingerprint density at radius 3 is 2.59 bits per heavy atom. The van der Waals surface area contributed by atoms with E-state index in [9.17, 15) is 4.79 Å². The number of carbonyl (C=O) groups is 1. The summed E-state index contributed by atoms with van der Waals surface area (Å²) >= 11 is 0. The van der Waals surface area contributed by atoms with Crippen LogP contribution in [-0.4, -0.2) is 49.3 Å². The van der Waals surface area contributed by atoms with Gasteiger partial charge >= 0.3 is 0 Å². The highest BCUT2D eigenvalue weighted by atomic mass is 16.5. The molecular formula is C24H38N2O3. The monoisotopic (exact) mass is 402 g/mol. The van der Waals surface area contributed by atoms with Gasteiger partial charge in [-0.05, 0) is 81.8 Å². The molecule has 162 valence electrons. The van der Waals surface area contributed by atoms with Crippen LogP contribution < -0.4 is 10.1 Å². The van der Waals surface area contributed by atoms with Crippen molar-refractivity contribution >= 4 is 11.6 Å². The minimum Gasteiger partial charge on any atom is -0.492 e. The number of amides is 1. The Bertz CT molecular complexity index is 628. The number of ether oxygens (including phenoxy) is 2. The Labute approximate surface area is 176 Å². The maximum atomic E-state index is 13.1. The number of rotatable bonds is 9. The third-order valence-corrected chi connectivity index (χ3v) is 6.19. The predicted molar refractivity (Wildman–Crippen MR) is 117 cm³/mol. The number of nitrogens with zero attached hydrogens (tertiary/aromatic N) is 1. The first-order valence-electron chi connectivity index (χ1n) is 11.5. The molecule has 0 radical (unpaired) electrons. The molecule has 1 aromatic carbocycles. The lowest BCUT2D eigenvalue weighted by Crippen LogP contribution is -2.48. The smallest absolute Gasteiger partial charge is 0.256 e. The number of carbonyl (C=O) groups excluding carboxylic acids is 1. The summed E-state index contributed by atoms with van der Waals surface area (Å²) in [5, 5.41) is 3.09. The van der Waals surface area contributed by atoms with Crippen LogP contribution in [0.1, 0.15) is 65.2 Å². The van der Waals surface area contributed by atoms with Gasteiger partial charge in [0.05, 0.1) is 0 Å². The van der Waals surface area contributed by atoms with E-state index in [1.807, 2.05) is 24.3 Å². The molecule has 0 aromatic heterocycles. The molecule has 1 aliphatic heterocycles. The third-order valence-electron chi connectivity index (χ3n) is 6.19. The van der Waals surface area contributed by atoms with Crippen molar-refractivity contribution in [1.29, 1.82) is 0 Å². The van der Waals surface area contributed by atoms with E-state index in [0.717, 1.165) is 43.7 Å². The van der Waals surface area contributed by atoms with Gasteiger partial charge in [0.25, 0.3) is 5.91 Å². The molecule has 5 heteroatoms. The van der Waals surface area contributed by atoms with E-state index in [2.05, 4.69) is 24.1 Å². The quantitative estimate of drug-likeness (QED) is 0.640. The summed E-state index contributed by atoms with van der Waals surface area (Å²) in [6.07, 6.45) is 8.71. The average molecular weight is 403 g/mol. The van der Waals surface area contributed by atoms with Gasteiger partial charge in [0.2, 0.25) is 0 Å². The average Bonchev–Trinajstić information content (AvgIpc) is 2.74. The zero-order valence-corrected chi connectivity index (χ0v) is 18.3. The van der Waals surface area contributed by atoms with Crippen molar-refractivity contribution in [3.8, 4) is 5.75 Å². The molecule has 2 unspecified atom stereocenters. The number of benzene rings is 1. The van der Waals surface area contributed by atoms with Crippen LogP contribution in [0.3, 0.4) is 0 Å². The summed E-state index contributed by atoms with van der Waals surface area (Å²) in [6.45, 7) is 8.99. The number of piperidine rings is 1. The molecule has 0 bridgehead atoms. The summed E-state index contributed by atoms with van der Waals surface area (Å²) in [4.78, 5) is 15.6. The summed E-state index contributed by atoms with van der Waals surface area (Å²) in [5.74, 6) is 1.36. The predicted octanol–water partition coefficient (Wildman–Crippen LogP) is 4.87. The van der Waals surface area contributed by atoms with Gasteiger partial charge < -0.3 is 14.8 Å². The fourth-order valence-electron chi connectivity index (χ4n) is 4.56. The highest BCUT2D eigenvalue weighted by Gasteiger charge is 2.42. The van der Waals surface area contributed by atoms with Crippen LogP contribution in [0, 0.1) is 5.92 Å². The maximum absolute atomic E-state index is 13.1. The Morgan fingerprint density at radius 2 is 1.90 bits per heavy atom. The van der Waals surface area contributed by atoms with Crippen LogP contribution in [0.15, 0.2) is 24.3 Å². The molecule has 1 aliphatic carbocycles. The number of likely N-dealkylation sites (tertiary alicyclic amines) is 1. The minimum atomic E-state index is -0.683. The molecule has 1 aromatic rings. The van der Waals surface area contributed by atoms with Crippen LogP contribution in [0.25, 0.3) is 0 Å². The third kappa shape index (κ3) is 6.45. The van der Waals surface area contributed by atoms with Crippen LogP contribution >= 0.6 is 0 Å². The molecule has 0 spiro atoms. The second-order valence-electron chi connectivity index (χ2n) is 8.77. The molecule has 1 heterocycles. The van der Waals surface area contributed by atoms with E-state index < -0.39 is 5.60 Å². The van der Waals surface area contributed by atoms with Crippen molar-refractivity contribution in [2.75, 3.05) is 38.2 Å². The number of hydrogen-bond acceptors (Lipinski definition) is 4. The van der Waals surface area contributed by atoms with Gasteiger partial charge in [0.1, 0.15) is 18.0 Å². The molecule has 2 atom stereocenters. The zero-order chi connectivity index (χ0) is 20.5. The zero-order valence-electron chi connectivity index (χ0n) is 18.3. The number of nitrogens with one attached hydrogen (secondary N) is 1. The molecule has 1 saturated heterocycles. The molecule has 1 saturated carbocycles. The molecule has 2 fully saturated rings. The van der Waals surface area contributed by atoms with E-state index in [1.54, 1.807) is 0 Å². The fourth-order valence-corrected chi connectivity index (χ4v) is 4.56. The maximum Gasteiger partial charge on any atom is 0.256 e. The summed E-state index contributed by atoms with van der Waals surface area (Å²) in [6, 6.07) is 7.73. The Kier molecular flexibility index (Phi) is 8.37. The lowest BCUT2D eigenvalue weighted by molar-refractivity contribution is -0.148. The highest BCUT2D eigenvalue weighted by Crippen LogP contribution is 2.36. The van der Waals surface area contributed by atoms with E-state index >= 15 is 0 Å². The van der Waals surface area contributed by atoms with Crippen molar-refractivity contribution in [2.24, 2.45) is 5.92 Å². The molecule has 5 nitrogen and oxygen atoms in total. The van der Waals surface area contributed by atoms with Crippen LogP contribution in [0.2, 0.25) is 0 Å². The Morgan fingerprint density at radius 1 is 1.14 bits per heavy atom. The van der Waals surface area contributed by atoms with Gasteiger partial charge in [-0.1, -0.05) is 26.7 Å². The fraction of sp³-hybridized carbons (Fsp3) is 0.708. The van der Waals surface area contributed by atoms with E-state index in [0.29, 0.717) is 19.1 Å².